The van der Waals surface area contributed by atoms with Crippen molar-refractivity contribution in [1.29, 1.82) is 0 Å². The molecule has 0 spiro atoms. The van der Waals surface area contributed by atoms with E-state index in [0.29, 0.717) is 22.9 Å². The molecule has 1 aromatic heterocycles. The van der Waals surface area contributed by atoms with E-state index in [1.54, 1.807) is 38.1 Å². The van der Waals surface area contributed by atoms with Gasteiger partial charge in [-0.15, -0.1) is 0 Å². The van der Waals surface area contributed by atoms with Gasteiger partial charge in [-0.05, 0) is 24.6 Å². The lowest BCUT2D eigenvalue weighted by Gasteiger charge is -2.14. The van der Waals surface area contributed by atoms with E-state index in [0.717, 1.165) is 0 Å². The zero-order valence-electron chi connectivity index (χ0n) is 12.4. The van der Waals surface area contributed by atoms with E-state index in [1.165, 1.54) is 7.11 Å². The number of hydrogen-bond donors (Lipinski definition) is 2. The Kier molecular flexibility index (Phi) is 4.45. The smallest absolute Gasteiger partial charge is 0.330 e. The molecular weight excluding hydrogens is 288 g/mol. The summed E-state index contributed by atoms with van der Waals surface area (Å²) in [4.78, 5) is 27.6. The third-order valence-electron chi connectivity index (χ3n) is 3.08. The molecular formula is C15H16N2O5. The average Bonchev–Trinajstić information content (AvgIpc) is 2.83. The summed E-state index contributed by atoms with van der Waals surface area (Å²) in [6, 6.07) is 5.22. The number of ether oxygens (including phenoxy) is 1. The van der Waals surface area contributed by atoms with Gasteiger partial charge in [0, 0.05) is 6.92 Å². The van der Waals surface area contributed by atoms with Gasteiger partial charge in [-0.3, -0.25) is 4.79 Å². The number of aryl methyl sites for hydroxylation is 2. The molecule has 1 amide bonds. The van der Waals surface area contributed by atoms with Gasteiger partial charge >= 0.3 is 5.97 Å². The Morgan fingerprint density at radius 1 is 1.27 bits per heavy atom. The molecule has 7 heteroatoms. The lowest BCUT2D eigenvalue weighted by molar-refractivity contribution is -0.139. The summed E-state index contributed by atoms with van der Waals surface area (Å²) in [5.74, 6) is -0.842. The summed E-state index contributed by atoms with van der Waals surface area (Å²) < 4.78 is 10.2. The SMILES string of the molecule is COc1ccc(C(NC(=O)c2oc(C)nc2C)C(=O)O)cc1. The molecule has 0 saturated carbocycles. The third-order valence-corrected chi connectivity index (χ3v) is 3.08. The number of carbonyl (C=O) groups is 2. The molecule has 1 aromatic carbocycles. The molecule has 2 aromatic rings. The fraction of sp³-hybridized carbons (Fsp3) is 0.267. The van der Waals surface area contributed by atoms with E-state index in [4.69, 9.17) is 9.15 Å². The summed E-state index contributed by atoms with van der Waals surface area (Å²) >= 11 is 0. The van der Waals surface area contributed by atoms with E-state index in [2.05, 4.69) is 10.3 Å². The summed E-state index contributed by atoms with van der Waals surface area (Å²) in [5.41, 5.74) is 0.837. The van der Waals surface area contributed by atoms with Gasteiger partial charge in [-0.1, -0.05) is 12.1 Å². The monoisotopic (exact) mass is 304 g/mol. The number of aromatic nitrogens is 1. The maximum absolute atomic E-state index is 12.2. The van der Waals surface area contributed by atoms with Crippen LogP contribution in [-0.2, 0) is 4.79 Å². The van der Waals surface area contributed by atoms with E-state index in [9.17, 15) is 14.7 Å². The molecule has 1 unspecified atom stereocenters. The lowest BCUT2D eigenvalue weighted by Crippen LogP contribution is -2.33. The third kappa shape index (κ3) is 3.25. The maximum atomic E-state index is 12.2. The number of carboxylic acid groups (broad SMARTS) is 1. The largest absolute Gasteiger partial charge is 0.497 e. The maximum Gasteiger partial charge on any atom is 0.330 e. The number of nitrogens with zero attached hydrogens (tertiary/aromatic N) is 1. The summed E-state index contributed by atoms with van der Waals surface area (Å²) in [6.45, 7) is 3.23. The minimum atomic E-state index is -1.19. The normalized spacial score (nSPS) is 11.8. The quantitative estimate of drug-likeness (QED) is 0.874. The minimum Gasteiger partial charge on any atom is -0.497 e. The fourth-order valence-electron chi connectivity index (χ4n) is 2.02. The van der Waals surface area contributed by atoms with Crippen LogP contribution in [0.2, 0.25) is 0 Å². The van der Waals surface area contributed by atoms with Crippen LogP contribution in [-0.4, -0.2) is 29.1 Å². The summed E-state index contributed by atoms with van der Waals surface area (Å²) in [5, 5.41) is 11.8. The predicted molar refractivity (Wildman–Crippen MR) is 76.8 cm³/mol. The van der Waals surface area contributed by atoms with Crippen LogP contribution in [0.1, 0.15) is 33.7 Å². The number of benzene rings is 1. The second kappa shape index (κ2) is 6.30. The highest BCUT2D eigenvalue weighted by Crippen LogP contribution is 2.19. The number of carboxylic acids is 1. The number of amides is 1. The Labute approximate surface area is 126 Å². The molecule has 1 heterocycles. The first kappa shape index (κ1) is 15.6. The highest BCUT2D eigenvalue weighted by molar-refractivity contribution is 5.95. The van der Waals surface area contributed by atoms with Gasteiger partial charge in [0.2, 0.25) is 5.76 Å². The molecule has 1 atom stereocenters. The van der Waals surface area contributed by atoms with E-state index in [-0.39, 0.29) is 5.76 Å². The molecule has 7 nitrogen and oxygen atoms in total. The van der Waals surface area contributed by atoms with Crippen molar-refractivity contribution in [3.63, 3.8) is 0 Å². The highest BCUT2D eigenvalue weighted by atomic mass is 16.5. The van der Waals surface area contributed by atoms with Crippen molar-refractivity contribution in [1.82, 2.24) is 10.3 Å². The second-order valence-corrected chi connectivity index (χ2v) is 4.67. The van der Waals surface area contributed by atoms with Crippen LogP contribution in [0, 0.1) is 13.8 Å². The highest BCUT2D eigenvalue weighted by Gasteiger charge is 2.25. The van der Waals surface area contributed by atoms with Crippen LogP contribution in [0.15, 0.2) is 28.7 Å². The molecule has 116 valence electrons. The van der Waals surface area contributed by atoms with Crippen molar-refractivity contribution in [2.75, 3.05) is 7.11 Å². The van der Waals surface area contributed by atoms with Crippen LogP contribution in [0.5, 0.6) is 5.75 Å². The van der Waals surface area contributed by atoms with Gasteiger partial charge in [0.05, 0.1) is 12.8 Å². The Hall–Kier alpha value is -2.83. The van der Waals surface area contributed by atoms with Crippen LogP contribution in [0.4, 0.5) is 0 Å². The van der Waals surface area contributed by atoms with Crippen LogP contribution in [0.3, 0.4) is 0 Å². The lowest BCUT2D eigenvalue weighted by atomic mass is 10.1. The van der Waals surface area contributed by atoms with Crippen molar-refractivity contribution in [2.45, 2.75) is 19.9 Å². The summed E-state index contributed by atoms with van der Waals surface area (Å²) in [6.07, 6.45) is 0. The average molecular weight is 304 g/mol. The topological polar surface area (TPSA) is 102 Å². The fourth-order valence-corrected chi connectivity index (χ4v) is 2.02. The molecule has 2 rings (SSSR count). The second-order valence-electron chi connectivity index (χ2n) is 4.67. The first-order valence-corrected chi connectivity index (χ1v) is 6.54. The molecule has 0 aliphatic rings. The van der Waals surface area contributed by atoms with Gasteiger partial charge in [0.1, 0.15) is 5.75 Å². The van der Waals surface area contributed by atoms with Gasteiger partial charge in [0.15, 0.2) is 11.9 Å². The van der Waals surface area contributed by atoms with Crippen molar-refractivity contribution in [3.8, 4) is 5.75 Å². The first-order chi connectivity index (χ1) is 10.4. The van der Waals surface area contributed by atoms with Gasteiger partial charge in [-0.2, -0.15) is 0 Å². The van der Waals surface area contributed by atoms with Gasteiger partial charge < -0.3 is 19.6 Å². The molecule has 0 saturated heterocycles. The van der Waals surface area contributed by atoms with Crippen molar-refractivity contribution in [2.24, 2.45) is 0 Å². The number of nitrogens with one attached hydrogen (secondary N) is 1. The Morgan fingerprint density at radius 2 is 1.91 bits per heavy atom. The number of oxazole rings is 1. The molecule has 22 heavy (non-hydrogen) atoms. The van der Waals surface area contributed by atoms with E-state index < -0.39 is 17.9 Å². The van der Waals surface area contributed by atoms with Crippen molar-refractivity contribution in [3.05, 3.63) is 47.2 Å². The van der Waals surface area contributed by atoms with Crippen molar-refractivity contribution >= 4 is 11.9 Å². The Bertz CT molecular complexity index is 690. The Morgan fingerprint density at radius 3 is 2.36 bits per heavy atom. The van der Waals surface area contributed by atoms with Crippen LogP contribution >= 0.6 is 0 Å². The molecule has 0 aliphatic carbocycles. The van der Waals surface area contributed by atoms with Crippen molar-refractivity contribution < 1.29 is 23.8 Å². The Balaban J connectivity index is 2.23. The molecule has 0 aliphatic heterocycles. The summed E-state index contributed by atoms with van der Waals surface area (Å²) in [7, 11) is 1.51. The van der Waals surface area contributed by atoms with Gasteiger partial charge in [0.25, 0.3) is 5.91 Å². The van der Waals surface area contributed by atoms with Gasteiger partial charge in [-0.25, -0.2) is 9.78 Å². The van der Waals surface area contributed by atoms with Crippen LogP contribution < -0.4 is 10.1 Å². The van der Waals surface area contributed by atoms with E-state index >= 15 is 0 Å². The minimum absolute atomic E-state index is 0.0114. The predicted octanol–water partition coefficient (Wildman–Crippen LogP) is 1.86. The van der Waals surface area contributed by atoms with E-state index in [1.807, 2.05) is 0 Å². The molecule has 0 radical (unpaired) electrons. The molecule has 2 N–H and O–H groups in total. The number of carbonyl (C=O) groups excluding carboxylic acids is 1. The zero-order valence-corrected chi connectivity index (χ0v) is 12.4. The number of methoxy groups -OCH3 is 1. The number of hydrogen-bond acceptors (Lipinski definition) is 5. The molecule has 0 bridgehead atoms. The van der Waals surface area contributed by atoms with Crippen LogP contribution in [0.25, 0.3) is 0 Å². The first-order valence-electron chi connectivity index (χ1n) is 6.54. The zero-order chi connectivity index (χ0) is 16.3. The number of rotatable bonds is 5. The molecule has 0 fully saturated rings. The number of aliphatic carboxylic acids is 1. The standard InChI is InChI=1S/C15H16N2O5/c1-8-13(22-9(2)16-8)14(18)17-12(15(19)20)10-4-6-11(21-3)7-5-10/h4-7,12H,1-3H3,(H,17,18)(H,19,20).